The number of nitrogens with zero attached hydrogens (tertiary/aromatic N) is 1. The van der Waals surface area contributed by atoms with Crippen LogP contribution in [0.2, 0.25) is 0 Å². The first-order chi connectivity index (χ1) is 9.72. The van der Waals surface area contributed by atoms with Gasteiger partial charge in [-0.25, -0.2) is 4.98 Å². The number of hydrogen-bond acceptors (Lipinski definition) is 4. The van der Waals surface area contributed by atoms with E-state index in [0.29, 0.717) is 5.13 Å². The van der Waals surface area contributed by atoms with E-state index in [9.17, 15) is 4.79 Å². The number of carbonyl (C=O) groups is 1. The average molecular weight is 304 g/mol. The third-order valence-electron chi connectivity index (χ3n) is 3.37. The summed E-state index contributed by atoms with van der Waals surface area (Å²) in [6.07, 6.45) is 7.01. The zero-order chi connectivity index (χ0) is 13.9. The van der Waals surface area contributed by atoms with Gasteiger partial charge < -0.3 is 5.32 Å². The summed E-state index contributed by atoms with van der Waals surface area (Å²) in [4.78, 5) is 19.1. The van der Waals surface area contributed by atoms with E-state index in [4.69, 9.17) is 0 Å². The van der Waals surface area contributed by atoms with Crippen LogP contribution in [-0.4, -0.2) is 10.9 Å². The van der Waals surface area contributed by atoms with Crippen molar-refractivity contribution in [1.82, 2.24) is 4.98 Å². The first-order valence-corrected chi connectivity index (χ1v) is 8.40. The molecule has 20 heavy (non-hydrogen) atoms. The molecule has 0 spiro atoms. The maximum Gasteiger partial charge on any atom is 0.229 e. The normalized spacial score (nSPS) is 18.1. The number of thiazole rings is 1. The first kappa shape index (κ1) is 13.5. The van der Waals surface area contributed by atoms with Gasteiger partial charge in [0.25, 0.3) is 0 Å². The highest BCUT2D eigenvalue weighted by Crippen LogP contribution is 2.31. The van der Waals surface area contributed by atoms with Crippen molar-refractivity contribution in [2.24, 2.45) is 5.92 Å². The van der Waals surface area contributed by atoms with E-state index in [-0.39, 0.29) is 11.8 Å². The van der Waals surface area contributed by atoms with Crippen LogP contribution in [0.3, 0.4) is 0 Å². The molecule has 0 aliphatic heterocycles. The fourth-order valence-corrected chi connectivity index (χ4v) is 3.87. The Kier molecular flexibility index (Phi) is 3.98. The summed E-state index contributed by atoms with van der Waals surface area (Å²) in [6, 6.07) is 4.17. The summed E-state index contributed by atoms with van der Waals surface area (Å²) in [5.74, 6) is 0.189. The molecule has 2 aromatic rings. The lowest BCUT2D eigenvalue weighted by molar-refractivity contribution is -0.120. The van der Waals surface area contributed by atoms with Crippen molar-refractivity contribution in [3.63, 3.8) is 0 Å². The minimum absolute atomic E-state index is 0.0938. The third kappa shape index (κ3) is 2.99. The molecule has 0 aromatic carbocycles. The standard InChI is InChI=1S/C15H16N2OS2/c1-10-7-8-13(20-10)12-9-19-15(16-12)17-14(18)11-5-3-2-4-6-11/h2-3,7-9,11H,4-6H2,1H3,(H,16,17,18). The smallest absolute Gasteiger partial charge is 0.229 e. The molecule has 3 nitrogen and oxygen atoms in total. The summed E-state index contributed by atoms with van der Waals surface area (Å²) in [7, 11) is 0. The summed E-state index contributed by atoms with van der Waals surface area (Å²) in [5.41, 5.74) is 0.951. The van der Waals surface area contributed by atoms with Crippen LogP contribution in [0.4, 0.5) is 5.13 Å². The molecular weight excluding hydrogens is 288 g/mol. The zero-order valence-electron chi connectivity index (χ0n) is 11.3. The molecule has 2 heterocycles. The fourth-order valence-electron chi connectivity index (χ4n) is 2.26. The fraction of sp³-hybridized carbons (Fsp3) is 0.333. The van der Waals surface area contributed by atoms with Crippen molar-refractivity contribution in [3.8, 4) is 10.6 Å². The lowest BCUT2D eigenvalue weighted by Crippen LogP contribution is -2.23. The molecule has 1 atom stereocenters. The number of allylic oxidation sites excluding steroid dienone is 2. The van der Waals surface area contributed by atoms with Gasteiger partial charge in [-0.15, -0.1) is 22.7 Å². The highest BCUT2D eigenvalue weighted by atomic mass is 32.1. The van der Waals surface area contributed by atoms with E-state index in [1.165, 1.54) is 16.2 Å². The number of aromatic nitrogens is 1. The number of aryl methyl sites for hydroxylation is 1. The predicted molar refractivity (Wildman–Crippen MR) is 85.3 cm³/mol. The molecule has 0 fully saturated rings. The third-order valence-corrected chi connectivity index (χ3v) is 5.15. The monoisotopic (exact) mass is 304 g/mol. The second-order valence-electron chi connectivity index (χ2n) is 4.92. The Morgan fingerprint density at radius 3 is 3.00 bits per heavy atom. The summed E-state index contributed by atoms with van der Waals surface area (Å²) in [5, 5.41) is 5.65. The topological polar surface area (TPSA) is 42.0 Å². The lowest BCUT2D eigenvalue weighted by atomic mass is 9.94. The molecule has 1 unspecified atom stereocenters. The number of carbonyl (C=O) groups excluding carboxylic acids is 1. The summed E-state index contributed by atoms with van der Waals surface area (Å²) in [6.45, 7) is 2.08. The molecular formula is C15H16N2OS2. The first-order valence-electron chi connectivity index (χ1n) is 6.70. The van der Waals surface area contributed by atoms with Crippen molar-refractivity contribution in [1.29, 1.82) is 0 Å². The molecule has 2 aromatic heterocycles. The van der Waals surface area contributed by atoms with Gasteiger partial charge in [-0.2, -0.15) is 0 Å². The number of amides is 1. The summed E-state index contributed by atoms with van der Waals surface area (Å²) >= 11 is 3.22. The Hall–Kier alpha value is -1.46. The lowest BCUT2D eigenvalue weighted by Gasteiger charge is -2.15. The molecule has 1 aliphatic carbocycles. The van der Waals surface area contributed by atoms with Crippen LogP contribution in [0.5, 0.6) is 0 Å². The van der Waals surface area contributed by atoms with Gasteiger partial charge in [0.2, 0.25) is 5.91 Å². The largest absolute Gasteiger partial charge is 0.302 e. The molecule has 1 aliphatic rings. The summed E-state index contributed by atoms with van der Waals surface area (Å²) < 4.78 is 0. The van der Waals surface area contributed by atoms with Crippen molar-refractivity contribution in [3.05, 3.63) is 34.5 Å². The van der Waals surface area contributed by atoms with Gasteiger partial charge in [-0.05, 0) is 38.3 Å². The second kappa shape index (κ2) is 5.89. The van der Waals surface area contributed by atoms with Crippen molar-refractivity contribution < 1.29 is 4.79 Å². The number of rotatable bonds is 3. The van der Waals surface area contributed by atoms with Gasteiger partial charge in [-0.1, -0.05) is 12.2 Å². The zero-order valence-corrected chi connectivity index (χ0v) is 12.9. The second-order valence-corrected chi connectivity index (χ2v) is 7.06. The van der Waals surface area contributed by atoms with Crippen molar-refractivity contribution in [2.45, 2.75) is 26.2 Å². The molecule has 104 valence electrons. The number of anilines is 1. The quantitative estimate of drug-likeness (QED) is 0.850. The van der Waals surface area contributed by atoms with Gasteiger partial charge in [0, 0.05) is 16.2 Å². The molecule has 0 saturated heterocycles. The molecule has 1 amide bonds. The number of hydrogen-bond donors (Lipinski definition) is 1. The van der Waals surface area contributed by atoms with Crippen LogP contribution < -0.4 is 5.32 Å². The maximum absolute atomic E-state index is 12.1. The number of nitrogens with one attached hydrogen (secondary N) is 1. The van der Waals surface area contributed by atoms with Gasteiger partial charge in [0.15, 0.2) is 5.13 Å². The molecule has 0 radical (unpaired) electrons. The Balaban J connectivity index is 1.68. The highest BCUT2D eigenvalue weighted by Gasteiger charge is 2.19. The molecule has 5 heteroatoms. The number of thiophene rings is 1. The average Bonchev–Trinajstić information content (AvgIpc) is 3.09. The van der Waals surface area contributed by atoms with Crippen molar-refractivity contribution >= 4 is 33.7 Å². The van der Waals surface area contributed by atoms with Crippen LogP contribution in [0.1, 0.15) is 24.1 Å². The van der Waals surface area contributed by atoms with E-state index >= 15 is 0 Å². The van der Waals surface area contributed by atoms with Crippen LogP contribution in [0.15, 0.2) is 29.7 Å². The minimum Gasteiger partial charge on any atom is -0.302 e. The van der Waals surface area contributed by atoms with Crippen LogP contribution in [0, 0.1) is 12.8 Å². The Bertz CT molecular complexity index is 642. The molecule has 0 saturated carbocycles. The van der Waals surface area contributed by atoms with Gasteiger partial charge in [0.05, 0.1) is 10.6 Å². The van der Waals surface area contributed by atoms with Crippen LogP contribution in [0.25, 0.3) is 10.6 Å². The van der Waals surface area contributed by atoms with Gasteiger partial charge in [0.1, 0.15) is 0 Å². The molecule has 1 N–H and O–H groups in total. The van der Waals surface area contributed by atoms with E-state index < -0.39 is 0 Å². The van der Waals surface area contributed by atoms with Gasteiger partial charge in [-0.3, -0.25) is 4.79 Å². The van der Waals surface area contributed by atoms with Crippen molar-refractivity contribution in [2.75, 3.05) is 5.32 Å². The van der Waals surface area contributed by atoms with Gasteiger partial charge >= 0.3 is 0 Å². The molecule has 0 bridgehead atoms. The van der Waals surface area contributed by atoms with Crippen LogP contribution >= 0.6 is 22.7 Å². The molecule has 3 rings (SSSR count). The highest BCUT2D eigenvalue weighted by molar-refractivity contribution is 7.17. The van der Waals surface area contributed by atoms with E-state index in [1.54, 1.807) is 11.3 Å². The SMILES string of the molecule is Cc1ccc(-c2csc(NC(=O)C3CC=CCC3)n2)s1. The Morgan fingerprint density at radius 2 is 2.30 bits per heavy atom. The Labute approximate surface area is 126 Å². The van der Waals surface area contributed by atoms with E-state index in [0.717, 1.165) is 29.8 Å². The van der Waals surface area contributed by atoms with E-state index in [2.05, 4.69) is 41.5 Å². The van der Waals surface area contributed by atoms with Crippen LogP contribution in [-0.2, 0) is 4.79 Å². The Morgan fingerprint density at radius 1 is 1.40 bits per heavy atom. The maximum atomic E-state index is 12.1. The predicted octanol–water partition coefficient (Wildman–Crippen LogP) is 4.47. The van der Waals surface area contributed by atoms with E-state index in [1.807, 2.05) is 5.38 Å². The minimum atomic E-state index is 0.0938.